The standard InChI is InChI=1S/C33H37F2N5O4/c1-2-22-23(35)7-6-19-13-21(41)14-25(27(19)22)40-17-24-28(30(40)42)29(39-12-3-5-26(39)33(43)9-10-33)37-31(36-24)44-18-32-8-4-11-38(32)16-20(34)15-32/h6-7,13-14,20,26,41,43H,2-5,8-12,15-18H2,1H3. The van der Waals surface area contributed by atoms with Gasteiger partial charge in [-0.3, -0.25) is 9.69 Å². The number of aliphatic hydroxyl groups is 1. The summed E-state index contributed by atoms with van der Waals surface area (Å²) < 4.78 is 35.7. The normalized spacial score (nSPS) is 27.4. The maximum absolute atomic E-state index is 15.0. The first kappa shape index (κ1) is 27.9. The second-order valence-corrected chi connectivity index (χ2v) is 13.3. The van der Waals surface area contributed by atoms with Gasteiger partial charge in [0.25, 0.3) is 5.91 Å². The highest BCUT2D eigenvalue weighted by molar-refractivity contribution is 6.16. The number of hydrogen-bond donors (Lipinski definition) is 2. The number of amides is 1. The Morgan fingerprint density at radius 2 is 1.98 bits per heavy atom. The van der Waals surface area contributed by atoms with Crippen molar-refractivity contribution in [3.8, 4) is 11.8 Å². The van der Waals surface area contributed by atoms with Crippen LogP contribution < -0.4 is 14.5 Å². The van der Waals surface area contributed by atoms with Crippen molar-refractivity contribution in [2.24, 2.45) is 0 Å². The van der Waals surface area contributed by atoms with E-state index in [0.29, 0.717) is 77.9 Å². The summed E-state index contributed by atoms with van der Waals surface area (Å²) in [4.78, 5) is 29.6. The molecule has 0 bridgehead atoms. The van der Waals surface area contributed by atoms with E-state index in [-0.39, 0.29) is 48.2 Å². The fourth-order valence-corrected chi connectivity index (χ4v) is 8.35. The highest BCUT2D eigenvalue weighted by atomic mass is 19.1. The van der Waals surface area contributed by atoms with Gasteiger partial charge in [-0.15, -0.1) is 0 Å². The molecule has 3 unspecified atom stereocenters. The number of phenols is 1. The summed E-state index contributed by atoms with van der Waals surface area (Å²) in [6, 6.07) is 6.02. The van der Waals surface area contributed by atoms with Crippen LogP contribution in [-0.4, -0.2) is 80.6 Å². The van der Waals surface area contributed by atoms with E-state index >= 15 is 0 Å². The minimum atomic E-state index is -0.888. The molecule has 9 nitrogen and oxygen atoms in total. The zero-order valence-electron chi connectivity index (χ0n) is 24.9. The third-order valence-electron chi connectivity index (χ3n) is 10.6. The van der Waals surface area contributed by atoms with Crippen molar-refractivity contribution >= 4 is 28.2 Å². The largest absolute Gasteiger partial charge is 0.508 e. The average molecular weight is 606 g/mol. The van der Waals surface area contributed by atoms with Gasteiger partial charge in [0.05, 0.1) is 35.1 Å². The van der Waals surface area contributed by atoms with Crippen molar-refractivity contribution in [1.82, 2.24) is 14.9 Å². The highest BCUT2D eigenvalue weighted by Gasteiger charge is 2.53. The lowest BCUT2D eigenvalue weighted by Gasteiger charge is -2.32. The number of carbonyl (C=O) groups excluding carboxylic acids is 1. The zero-order chi connectivity index (χ0) is 30.4. The maximum Gasteiger partial charge on any atom is 0.318 e. The molecule has 3 aromatic rings. The molecule has 1 saturated carbocycles. The SMILES string of the molecule is CCc1c(F)ccc2cc(O)cc(N3Cc4nc(OCC56CCCN5CC(F)C6)nc(N5CCCC5C5(O)CC5)c4C3=O)c12. The number of aryl methyl sites for hydroxylation is 1. The molecular weight excluding hydrogens is 568 g/mol. The van der Waals surface area contributed by atoms with Crippen molar-refractivity contribution < 1.29 is 28.5 Å². The van der Waals surface area contributed by atoms with Crippen LogP contribution >= 0.6 is 0 Å². The van der Waals surface area contributed by atoms with Gasteiger partial charge in [-0.1, -0.05) is 13.0 Å². The first-order chi connectivity index (χ1) is 21.2. The lowest BCUT2D eigenvalue weighted by Crippen LogP contribution is -2.44. The molecule has 2 N–H and O–H groups in total. The van der Waals surface area contributed by atoms with Crippen LogP contribution in [0.4, 0.5) is 20.3 Å². The number of hydrogen-bond acceptors (Lipinski definition) is 8. The molecule has 0 spiro atoms. The van der Waals surface area contributed by atoms with E-state index < -0.39 is 11.8 Å². The first-order valence-electron chi connectivity index (χ1n) is 15.9. The smallest absolute Gasteiger partial charge is 0.318 e. The van der Waals surface area contributed by atoms with Crippen molar-refractivity contribution in [2.75, 3.05) is 36.0 Å². The molecule has 1 aliphatic carbocycles. The maximum atomic E-state index is 15.0. The Morgan fingerprint density at radius 3 is 2.77 bits per heavy atom. The molecule has 4 aliphatic heterocycles. The Kier molecular flexibility index (Phi) is 6.33. The second kappa shape index (κ2) is 9.97. The number of benzene rings is 2. The van der Waals surface area contributed by atoms with E-state index in [1.165, 1.54) is 17.0 Å². The molecule has 44 heavy (non-hydrogen) atoms. The number of anilines is 2. The third kappa shape index (κ3) is 4.26. The Balaban J connectivity index is 1.21. The minimum absolute atomic E-state index is 0.0288. The van der Waals surface area contributed by atoms with Gasteiger partial charge in [-0.05, 0) is 74.6 Å². The molecule has 5 aliphatic rings. The van der Waals surface area contributed by atoms with Crippen LogP contribution in [0.3, 0.4) is 0 Å². The average Bonchev–Trinajstić information content (AvgIpc) is 3.37. The summed E-state index contributed by atoms with van der Waals surface area (Å²) in [5, 5.41) is 23.0. The lowest BCUT2D eigenvalue weighted by atomic mass is 9.95. The molecule has 11 heteroatoms. The topological polar surface area (TPSA) is 102 Å². The van der Waals surface area contributed by atoms with Gasteiger partial charge >= 0.3 is 6.01 Å². The van der Waals surface area contributed by atoms with Gasteiger partial charge in [0.15, 0.2) is 0 Å². The molecule has 4 fully saturated rings. The fraction of sp³-hybridized carbons (Fsp3) is 0.545. The Hall–Kier alpha value is -3.57. The number of fused-ring (bicyclic) bond motifs is 3. The van der Waals surface area contributed by atoms with Gasteiger partial charge in [-0.25, -0.2) is 8.78 Å². The number of rotatable bonds is 7. The van der Waals surface area contributed by atoms with E-state index in [4.69, 9.17) is 14.7 Å². The molecule has 232 valence electrons. The quantitative estimate of drug-likeness (QED) is 0.402. The highest BCUT2D eigenvalue weighted by Crippen LogP contribution is 2.48. The predicted octanol–water partition coefficient (Wildman–Crippen LogP) is 4.65. The van der Waals surface area contributed by atoms with Crippen LogP contribution in [-0.2, 0) is 13.0 Å². The molecule has 8 rings (SSSR count). The van der Waals surface area contributed by atoms with Crippen LogP contribution in [0.25, 0.3) is 10.8 Å². The van der Waals surface area contributed by atoms with Gasteiger partial charge in [0.1, 0.15) is 35.7 Å². The number of alkyl halides is 1. The molecule has 3 atom stereocenters. The van der Waals surface area contributed by atoms with Crippen LogP contribution in [0.15, 0.2) is 24.3 Å². The first-order valence-corrected chi connectivity index (χ1v) is 15.9. The van der Waals surface area contributed by atoms with E-state index in [1.807, 2.05) is 11.8 Å². The molecule has 0 radical (unpaired) electrons. The zero-order valence-corrected chi connectivity index (χ0v) is 24.9. The monoisotopic (exact) mass is 605 g/mol. The van der Waals surface area contributed by atoms with E-state index in [2.05, 4.69) is 4.90 Å². The van der Waals surface area contributed by atoms with E-state index in [9.17, 15) is 23.8 Å². The number of aromatic nitrogens is 2. The number of carbonyl (C=O) groups is 1. The molecular formula is C33H37F2N5O4. The van der Waals surface area contributed by atoms with Crippen LogP contribution in [0.5, 0.6) is 11.8 Å². The molecule has 2 aromatic carbocycles. The Bertz CT molecular complexity index is 1680. The number of halogens is 2. The fourth-order valence-electron chi connectivity index (χ4n) is 8.35. The summed E-state index contributed by atoms with van der Waals surface area (Å²) in [6.45, 7) is 4.09. The predicted molar refractivity (Wildman–Crippen MR) is 161 cm³/mol. The second-order valence-electron chi connectivity index (χ2n) is 13.3. The Morgan fingerprint density at radius 1 is 1.14 bits per heavy atom. The summed E-state index contributed by atoms with van der Waals surface area (Å²) >= 11 is 0. The molecule has 1 aromatic heterocycles. The summed E-state index contributed by atoms with van der Waals surface area (Å²) in [6.07, 6.45) is 4.82. The van der Waals surface area contributed by atoms with E-state index in [1.54, 1.807) is 12.1 Å². The van der Waals surface area contributed by atoms with Crippen molar-refractivity contribution in [1.29, 1.82) is 0 Å². The summed E-state index contributed by atoms with van der Waals surface area (Å²) in [7, 11) is 0. The summed E-state index contributed by atoms with van der Waals surface area (Å²) in [5.74, 6) is -0.307. The van der Waals surface area contributed by atoms with Crippen molar-refractivity contribution in [3.05, 3.63) is 46.9 Å². The number of aromatic hydroxyl groups is 1. The van der Waals surface area contributed by atoms with Crippen LogP contribution in [0.2, 0.25) is 0 Å². The number of ether oxygens (including phenoxy) is 1. The lowest BCUT2D eigenvalue weighted by molar-refractivity contribution is 0.0993. The molecule has 1 amide bonds. The molecule has 5 heterocycles. The third-order valence-corrected chi connectivity index (χ3v) is 10.6. The van der Waals surface area contributed by atoms with Crippen LogP contribution in [0.1, 0.15) is 73.5 Å². The Labute approximate surface area is 254 Å². The number of nitrogens with zero attached hydrogens (tertiary/aromatic N) is 5. The van der Waals surface area contributed by atoms with E-state index in [0.717, 1.165) is 32.2 Å². The molecule has 3 saturated heterocycles. The van der Waals surface area contributed by atoms with Gasteiger partial charge < -0.3 is 24.7 Å². The summed E-state index contributed by atoms with van der Waals surface area (Å²) in [5.41, 5.74) is 0.496. The van der Waals surface area contributed by atoms with Crippen LogP contribution in [0, 0.1) is 5.82 Å². The number of phenolic OH excluding ortho intramolecular Hbond substituents is 1. The van der Waals surface area contributed by atoms with Crippen molar-refractivity contribution in [3.63, 3.8) is 0 Å². The minimum Gasteiger partial charge on any atom is -0.508 e. The van der Waals surface area contributed by atoms with Gasteiger partial charge in [0.2, 0.25) is 0 Å². The van der Waals surface area contributed by atoms with Gasteiger partial charge in [-0.2, -0.15) is 9.97 Å². The van der Waals surface area contributed by atoms with Gasteiger partial charge in [0, 0.05) is 31.0 Å². The van der Waals surface area contributed by atoms with Crippen molar-refractivity contribution in [2.45, 2.75) is 88.2 Å².